The summed E-state index contributed by atoms with van der Waals surface area (Å²) in [7, 11) is 1.25. The summed E-state index contributed by atoms with van der Waals surface area (Å²) in [6.07, 6.45) is 0. The summed E-state index contributed by atoms with van der Waals surface area (Å²) in [5, 5.41) is 7.61. The van der Waals surface area contributed by atoms with Gasteiger partial charge in [0, 0.05) is 6.07 Å². The topological polar surface area (TPSA) is 101 Å². The van der Waals surface area contributed by atoms with Crippen LogP contribution in [0, 0.1) is 0 Å². The van der Waals surface area contributed by atoms with Gasteiger partial charge in [-0.05, 0) is 26.0 Å². The van der Waals surface area contributed by atoms with E-state index in [1.165, 1.54) is 11.8 Å². The molecule has 0 saturated heterocycles. The minimum absolute atomic E-state index is 0.0330. The molecule has 118 valence electrons. The van der Waals surface area contributed by atoms with E-state index in [9.17, 15) is 4.79 Å². The van der Waals surface area contributed by atoms with Crippen LogP contribution < -0.4 is 15.2 Å². The van der Waals surface area contributed by atoms with Gasteiger partial charge in [-0.15, -0.1) is 5.10 Å². The maximum atomic E-state index is 11.5. The molecule has 0 radical (unpaired) electrons. The lowest BCUT2D eigenvalue weighted by Crippen LogP contribution is -2.08. The standard InChI is InChI=1S/C14H18N4O4/c1-4-21-10-7-6-9(8-11(10)22-5-2)18-13(15)12(16-17-18)14(19)20-3/h6-8H,4-5,15H2,1-3H3. The Bertz CT molecular complexity index is 669. The number of rotatable bonds is 6. The smallest absolute Gasteiger partial charge is 0.362 e. The van der Waals surface area contributed by atoms with Crippen LogP contribution in [0.1, 0.15) is 24.3 Å². The summed E-state index contributed by atoms with van der Waals surface area (Å²) < 4.78 is 17.0. The van der Waals surface area contributed by atoms with Gasteiger partial charge in [0.2, 0.25) is 5.69 Å². The van der Waals surface area contributed by atoms with E-state index in [-0.39, 0.29) is 11.5 Å². The zero-order valence-corrected chi connectivity index (χ0v) is 12.7. The van der Waals surface area contributed by atoms with E-state index in [0.717, 1.165) is 0 Å². The second-order valence-corrected chi connectivity index (χ2v) is 4.22. The van der Waals surface area contributed by atoms with Crippen molar-refractivity contribution in [3.8, 4) is 17.2 Å². The molecule has 0 bridgehead atoms. The number of nitrogens with zero attached hydrogens (tertiary/aromatic N) is 3. The summed E-state index contributed by atoms with van der Waals surface area (Å²) >= 11 is 0. The highest BCUT2D eigenvalue weighted by atomic mass is 16.5. The number of ether oxygens (including phenoxy) is 3. The van der Waals surface area contributed by atoms with Gasteiger partial charge < -0.3 is 19.9 Å². The van der Waals surface area contributed by atoms with Gasteiger partial charge in [0.15, 0.2) is 17.3 Å². The maximum absolute atomic E-state index is 11.5. The first kappa shape index (κ1) is 15.6. The molecule has 1 aromatic carbocycles. The Balaban J connectivity index is 2.42. The van der Waals surface area contributed by atoms with Crippen molar-refractivity contribution in [2.24, 2.45) is 0 Å². The molecule has 2 rings (SSSR count). The van der Waals surface area contributed by atoms with Crippen molar-refractivity contribution in [2.45, 2.75) is 13.8 Å². The van der Waals surface area contributed by atoms with Crippen LogP contribution in [0.25, 0.3) is 5.69 Å². The van der Waals surface area contributed by atoms with Crippen molar-refractivity contribution in [2.75, 3.05) is 26.1 Å². The normalized spacial score (nSPS) is 10.3. The summed E-state index contributed by atoms with van der Waals surface area (Å²) in [5.41, 5.74) is 6.47. The Morgan fingerprint density at radius 2 is 1.91 bits per heavy atom. The highest BCUT2D eigenvalue weighted by Gasteiger charge is 2.19. The molecule has 0 spiro atoms. The van der Waals surface area contributed by atoms with Gasteiger partial charge in [-0.1, -0.05) is 5.21 Å². The molecule has 2 aromatic rings. The molecular weight excluding hydrogens is 288 g/mol. The van der Waals surface area contributed by atoms with E-state index in [1.54, 1.807) is 18.2 Å². The number of anilines is 1. The number of carbonyl (C=O) groups excluding carboxylic acids is 1. The first-order valence-electron chi connectivity index (χ1n) is 6.81. The third kappa shape index (κ3) is 2.95. The molecular formula is C14H18N4O4. The molecule has 0 atom stereocenters. The fourth-order valence-electron chi connectivity index (χ4n) is 1.89. The van der Waals surface area contributed by atoms with Crippen molar-refractivity contribution < 1.29 is 19.0 Å². The van der Waals surface area contributed by atoms with E-state index < -0.39 is 5.97 Å². The van der Waals surface area contributed by atoms with Crippen LogP contribution in [0.5, 0.6) is 11.5 Å². The average Bonchev–Trinajstić information content (AvgIpc) is 2.90. The number of nitrogen functional groups attached to an aromatic ring is 1. The monoisotopic (exact) mass is 306 g/mol. The van der Waals surface area contributed by atoms with Gasteiger partial charge >= 0.3 is 5.97 Å². The Morgan fingerprint density at radius 3 is 2.55 bits per heavy atom. The minimum Gasteiger partial charge on any atom is -0.490 e. The first-order chi connectivity index (χ1) is 10.6. The first-order valence-corrected chi connectivity index (χ1v) is 6.81. The van der Waals surface area contributed by atoms with Crippen molar-refractivity contribution in [1.82, 2.24) is 15.0 Å². The van der Waals surface area contributed by atoms with Crippen molar-refractivity contribution in [1.29, 1.82) is 0 Å². The number of aromatic nitrogens is 3. The molecule has 8 nitrogen and oxygen atoms in total. The van der Waals surface area contributed by atoms with E-state index in [1.807, 2.05) is 13.8 Å². The van der Waals surface area contributed by atoms with Crippen LogP contribution in [-0.2, 0) is 4.74 Å². The highest BCUT2D eigenvalue weighted by molar-refractivity contribution is 5.92. The second-order valence-electron chi connectivity index (χ2n) is 4.22. The predicted molar refractivity (Wildman–Crippen MR) is 79.4 cm³/mol. The van der Waals surface area contributed by atoms with Gasteiger partial charge in [0.25, 0.3) is 0 Å². The summed E-state index contributed by atoms with van der Waals surface area (Å²) in [6, 6.07) is 5.23. The molecule has 0 unspecified atom stereocenters. The molecule has 0 fully saturated rings. The van der Waals surface area contributed by atoms with Crippen molar-refractivity contribution >= 4 is 11.8 Å². The third-order valence-electron chi connectivity index (χ3n) is 2.86. The lowest BCUT2D eigenvalue weighted by Gasteiger charge is -2.12. The minimum atomic E-state index is -0.639. The zero-order valence-electron chi connectivity index (χ0n) is 12.7. The van der Waals surface area contributed by atoms with Gasteiger partial charge in [-0.3, -0.25) is 0 Å². The fourth-order valence-corrected chi connectivity index (χ4v) is 1.89. The highest BCUT2D eigenvalue weighted by Crippen LogP contribution is 2.30. The number of esters is 1. The van der Waals surface area contributed by atoms with Crippen LogP contribution in [0.15, 0.2) is 18.2 Å². The van der Waals surface area contributed by atoms with Crippen molar-refractivity contribution in [3.63, 3.8) is 0 Å². The molecule has 22 heavy (non-hydrogen) atoms. The maximum Gasteiger partial charge on any atom is 0.362 e. The van der Waals surface area contributed by atoms with Gasteiger partial charge in [-0.25, -0.2) is 4.79 Å². The Morgan fingerprint density at radius 1 is 1.23 bits per heavy atom. The quantitative estimate of drug-likeness (QED) is 0.805. The number of carbonyl (C=O) groups is 1. The third-order valence-corrected chi connectivity index (χ3v) is 2.86. The Labute approximate surface area is 127 Å². The molecule has 0 saturated carbocycles. The summed E-state index contributed by atoms with van der Waals surface area (Å²) in [4.78, 5) is 11.5. The average molecular weight is 306 g/mol. The Kier molecular flexibility index (Phi) is 4.82. The predicted octanol–water partition coefficient (Wildman–Crippen LogP) is 1.43. The summed E-state index contributed by atoms with van der Waals surface area (Å²) in [6.45, 7) is 4.78. The van der Waals surface area contributed by atoms with Crippen LogP contribution >= 0.6 is 0 Å². The van der Waals surface area contributed by atoms with E-state index in [2.05, 4.69) is 15.0 Å². The number of benzene rings is 1. The van der Waals surface area contributed by atoms with Crippen LogP contribution in [0.4, 0.5) is 5.82 Å². The molecule has 1 aromatic heterocycles. The van der Waals surface area contributed by atoms with Crippen LogP contribution in [0.3, 0.4) is 0 Å². The molecule has 0 aliphatic carbocycles. The SMILES string of the molecule is CCOc1ccc(-n2nnc(C(=O)OC)c2N)cc1OCC. The number of nitrogens with two attached hydrogens (primary N) is 1. The number of hydrogen-bond acceptors (Lipinski definition) is 7. The molecule has 8 heteroatoms. The van der Waals surface area contributed by atoms with Gasteiger partial charge in [-0.2, -0.15) is 4.68 Å². The van der Waals surface area contributed by atoms with E-state index in [0.29, 0.717) is 30.4 Å². The molecule has 0 aliphatic rings. The van der Waals surface area contributed by atoms with Gasteiger partial charge in [0.05, 0.1) is 26.0 Å². The zero-order chi connectivity index (χ0) is 16.1. The molecule has 0 aliphatic heterocycles. The molecule has 0 amide bonds. The number of methoxy groups -OCH3 is 1. The van der Waals surface area contributed by atoms with Crippen LogP contribution in [0.2, 0.25) is 0 Å². The fraction of sp³-hybridized carbons (Fsp3) is 0.357. The lowest BCUT2D eigenvalue weighted by molar-refractivity contribution is 0.0595. The molecule has 2 N–H and O–H groups in total. The molecule has 1 heterocycles. The van der Waals surface area contributed by atoms with Crippen molar-refractivity contribution in [3.05, 3.63) is 23.9 Å². The second kappa shape index (κ2) is 6.79. The van der Waals surface area contributed by atoms with E-state index in [4.69, 9.17) is 15.2 Å². The largest absolute Gasteiger partial charge is 0.490 e. The Hall–Kier alpha value is -2.77. The van der Waals surface area contributed by atoms with E-state index >= 15 is 0 Å². The van der Waals surface area contributed by atoms with Crippen LogP contribution in [-0.4, -0.2) is 41.3 Å². The lowest BCUT2D eigenvalue weighted by atomic mass is 10.2. The summed E-state index contributed by atoms with van der Waals surface area (Å²) in [5.74, 6) is 0.648. The number of hydrogen-bond donors (Lipinski definition) is 1. The van der Waals surface area contributed by atoms with Gasteiger partial charge in [0.1, 0.15) is 0 Å².